The molecule has 1 fully saturated rings. The van der Waals surface area contributed by atoms with E-state index < -0.39 is 0 Å². The molecular formula is C10H15N4. The van der Waals surface area contributed by atoms with E-state index in [1.54, 1.807) is 0 Å². The van der Waals surface area contributed by atoms with E-state index in [2.05, 4.69) is 20.6 Å². The average Bonchev–Trinajstić information content (AvgIpc) is 2.19. The highest BCUT2D eigenvalue weighted by molar-refractivity contribution is 5.16. The number of hydrogen-bond acceptors (Lipinski definition) is 3. The lowest BCUT2D eigenvalue weighted by molar-refractivity contribution is 0.412. The second kappa shape index (κ2) is 4.02. The van der Waals surface area contributed by atoms with E-state index in [4.69, 9.17) is 0 Å². The molecule has 0 aliphatic carbocycles. The van der Waals surface area contributed by atoms with Gasteiger partial charge in [0.1, 0.15) is 0 Å². The van der Waals surface area contributed by atoms with Crippen molar-refractivity contribution in [1.29, 1.82) is 0 Å². The van der Waals surface area contributed by atoms with Crippen LogP contribution in [0.25, 0.3) is 0 Å². The molecule has 4 heteroatoms. The van der Waals surface area contributed by atoms with E-state index in [0.29, 0.717) is 0 Å². The second-order valence-corrected chi connectivity index (χ2v) is 3.61. The van der Waals surface area contributed by atoms with Crippen molar-refractivity contribution in [3.8, 4) is 0 Å². The van der Waals surface area contributed by atoms with Crippen molar-refractivity contribution in [2.24, 2.45) is 0 Å². The molecule has 1 saturated heterocycles. The summed E-state index contributed by atoms with van der Waals surface area (Å²) in [5, 5.41) is 7.84. The largest absolute Gasteiger partial charge is 0.313 e. The van der Waals surface area contributed by atoms with E-state index in [1.165, 1.54) is 0 Å². The van der Waals surface area contributed by atoms with Crippen LogP contribution in [0.4, 0.5) is 0 Å². The lowest BCUT2D eigenvalue weighted by atomic mass is 10.1. The minimum Gasteiger partial charge on any atom is -0.313 e. The Morgan fingerprint density at radius 1 is 1.43 bits per heavy atom. The van der Waals surface area contributed by atoms with Crippen molar-refractivity contribution in [2.75, 3.05) is 19.6 Å². The Balaban J connectivity index is 2.22. The van der Waals surface area contributed by atoms with Gasteiger partial charge in [0.25, 0.3) is 0 Å². The molecule has 1 aliphatic heterocycles. The fourth-order valence-electron chi connectivity index (χ4n) is 1.72. The third-order valence-electron chi connectivity index (χ3n) is 2.40. The van der Waals surface area contributed by atoms with Gasteiger partial charge in [-0.25, -0.2) is 5.32 Å². The number of rotatable bonds is 1. The molecule has 1 aliphatic rings. The van der Waals surface area contributed by atoms with Crippen molar-refractivity contribution < 1.29 is 0 Å². The number of nitrogens with zero attached hydrogens (tertiary/aromatic N) is 3. The third kappa shape index (κ3) is 1.91. The van der Waals surface area contributed by atoms with Crippen LogP contribution in [0.5, 0.6) is 0 Å². The van der Waals surface area contributed by atoms with Gasteiger partial charge in [0.2, 0.25) is 0 Å². The summed E-state index contributed by atoms with van der Waals surface area (Å²) < 4.78 is 0. The van der Waals surface area contributed by atoms with Crippen LogP contribution in [0, 0.1) is 13.8 Å². The Hall–Kier alpha value is -1.00. The van der Waals surface area contributed by atoms with Crippen LogP contribution in [0.2, 0.25) is 0 Å². The maximum atomic E-state index is 4.53. The number of piperazine rings is 1. The topological polar surface area (TPSA) is 51.9 Å². The predicted octanol–water partition coefficient (Wildman–Crippen LogP) is 0.342. The van der Waals surface area contributed by atoms with Crippen LogP contribution in [0.3, 0.4) is 0 Å². The van der Waals surface area contributed by atoms with Crippen molar-refractivity contribution in [1.82, 2.24) is 20.6 Å². The zero-order valence-electron chi connectivity index (χ0n) is 8.62. The zero-order valence-corrected chi connectivity index (χ0v) is 8.62. The third-order valence-corrected chi connectivity index (χ3v) is 2.40. The van der Waals surface area contributed by atoms with Gasteiger partial charge in [-0.1, -0.05) is 0 Å². The summed E-state index contributed by atoms with van der Waals surface area (Å²) in [5.74, 6) is 0. The van der Waals surface area contributed by atoms with Crippen molar-refractivity contribution >= 4 is 0 Å². The number of aryl methyl sites for hydroxylation is 2. The Morgan fingerprint density at radius 2 is 2.29 bits per heavy atom. The molecule has 1 unspecified atom stereocenters. The first-order chi connectivity index (χ1) is 6.77. The summed E-state index contributed by atoms with van der Waals surface area (Å²) in [6.45, 7) is 6.70. The molecule has 0 amide bonds. The summed E-state index contributed by atoms with van der Waals surface area (Å²) in [6, 6.07) is 0.192. The van der Waals surface area contributed by atoms with Crippen molar-refractivity contribution in [3.63, 3.8) is 0 Å². The van der Waals surface area contributed by atoms with Gasteiger partial charge in [0, 0.05) is 25.8 Å². The lowest BCUT2D eigenvalue weighted by Gasteiger charge is -2.23. The molecule has 2 rings (SSSR count). The molecule has 1 N–H and O–H groups in total. The maximum absolute atomic E-state index is 4.53. The molecule has 14 heavy (non-hydrogen) atoms. The van der Waals surface area contributed by atoms with Gasteiger partial charge in [-0.05, 0) is 13.8 Å². The van der Waals surface area contributed by atoms with Crippen LogP contribution in [0.15, 0.2) is 6.20 Å². The molecule has 1 radical (unpaired) electrons. The predicted molar refractivity (Wildman–Crippen MR) is 54.1 cm³/mol. The molecule has 2 heterocycles. The lowest BCUT2D eigenvalue weighted by Crippen LogP contribution is -2.39. The van der Waals surface area contributed by atoms with Gasteiger partial charge in [-0.3, -0.25) is 9.97 Å². The first-order valence-corrected chi connectivity index (χ1v) is 4.95. The summed E-state index contributed by atoms with van der Waals surface area (Å²) in [4.78, 5) is 8.80. The highest BCUT2D eigenvalue weighted by Gasteiger charge is 2.19. The van der Waals surface area contributed by atoms with E-state index in [-0.39, 0.29) is 6.04 Å². The number of hydrogen-bond donors (Lipinski definition) is 1. The summed E-state index contributed by atoms with van der Waals surface area (Å²) in [5.41, 5.74) is 2.99. The Labute approximate surface area is 84.2 Å². The Kier molecular flexibility index (Phi) is 2.74. The Bertz CT molecular complexity index is 318. The monoisotopic (exact) mass is 191 g/mol. The van der Waals surface area contributed by atoms with Gasteiger partial charge in [0.15, 0.2) is 0 Å². The van der Waals surface area contributed by atoms with Crippen LogP contribution in [-0.2, 0) is 0 Å². The molecule has 75 valence electrons. The second-order valence-electron chi connectivity index (χ2n) is 3.61. The SMILES string of the molecule is Cc1cnc(C2CNCC[N]2)c(C)n1. The summed E-state index contributed by atoms with van der Waals surface area (Å²) in [6.07, 6.45) is 1.81. The molecule has 4 nitrogen and oxygen atoms in total. The fourth-order valence-corrected chi connectivity index (χ4v) is 1.72. The quantitative estimate of drug-likeness (QED) is 0.696. The highest BCUT2D eigenvalue weighted by Crippen LogP contribution is 2.15. The normalized spacial score (nSPS) is 22.3. The Morgan fingerprint density at radius 3 is 2.93 bits per heavy atom. The zero-order chi connectivity index (χ0) is 9.97. The smallest absolute Gasteiger partial charge is 0.0814 e. The first kappa shape index (κ1) is 9.55. The minimum atomic E-state index is 0.192. The standard InChI is InChI=1S/C10H15N4/c1-7-5-13-10(8(2)14-7)9-6-11-3-4-12-9/h5,9,11H,3-4,6H2,1-2H3. The van der Waals surface area contributed by atoms with Crippen molar-refractivity contribution in [2.45, 2.75) is 19.9 Å². The molecule has 0 spiro atoms. The molecule has 0 aromatic carbocycles. The van der Waals surface area contributed by atoms with Gasteiger partial charge in [-0.15, -0.1) is 0 Å². The van der Waals surface area contributed by atoms with Gasteiger partial charge < -0.3 is 5.32 Å². The molecular weight excluding hydrogens is 176 g/mol. The first-order valence-electron chi connectivity index (χ1n) is 4.95. The van der Waals surface area contributed by atoms with E-state index in [1.807, 2.05) is 20.0 Å². The number of aromatic nitrogens is 2. The van der Waals surface area contributed by atoms with Gasteiger partial charge in [0.05, 0.1) is 23.1 Å². The fraction of sp³-hybridized carbons (Fsp3) is 0.600. The molecule has 1 aromatic heterocycles. The van der Waals surface area contributed by atoms with Crippen LogP contribution in [0.1, 0.15) is 23.1 Å². The molecule has 1 aromatic rings. The number of nitrogens with one attached hydrogen (secondary N) is 1. The van der Waals surface area contributed by atoms with Crippen molar-refractivity contribution in [3.05, 3.63) is 23.3 Å². The van der Waals surface area contributed by atoms with Crippen LogP contribution in [-0.4, -0.2) is 29.6 Å². The van der Waals surface area contributed by atoms with Crippen LogP contribution >= 0.6 is 0 Å². The maximum Gasteiger partial charge on any atom is 0.0814 e. The minimum absolute atomic E-state index is 0.192. The van der Waals surface area contributed by atoms with Gasteiger partial charge in [-0.2, -0.15) is 0 Å². The van der Waals surface area contributed by atoms with E-state index in [9.17, 15) is 0 Å². The summed E-state index contributed by atoms with van der Waals surface area (Å²) >= 11 is 0. The van der Waals surface area contributed by atoms with Crippen LogP contribution < -0.4 is 10.6 Å². The van der Waals surface area contributed by atoms with Gasteiger partial charge >= 0.3 is 0 Å². The van der Waals surface area contributed by atoms with E-state index >= 15 is 0 Å². The highest BCUT2D eigenvalue weighted by atomic mass is 15.1. The molecule has 0 bridgehead atoms. The molecule has 0 saturated carbocycles. The molecule has 1 atom stereocenters. The average molecular weight is 191 g/mol. The summed E-state index contributed by atoms with van der Waals surface area (Å²) in [7, 11) is 0. The van der Waals surface area contributed by atoms with E-state index in [0.717, 1.165) is 36.7 Å².